The molecule has 6 heteroatoms. The largest absolute Gasteiger partial charge is 0.466 e. The maximum absolute atomic E-state index is 12.4. The van der Waals surface area contributed by atoms with E-state index in [4.69, 9.17) is 4.74 Å². The second-order valence-corrected chi connectivity index (χ2v) is 16.8. The Morgan fingerprint density at radius 1 is 0.491 bits per heavy atom. The number of aliphatic hydroxyl groups is 2. The molecule has 0 rings (SSSR count). The van der Waals surface area contributed by atoms with Crippen LogP contribution >= 0.6 is 0 Å². The van der Waals surface area contributed by atoms with Gasteiger partial charge in [-0.2, -0.15) is 0 Å². The van der Waals surface area contributed by atoms with Crippen molar-refractivity contribution in [2.45, 2.75) is 276 Å². The Labute approximate surface area is 342 Å². The lowest BCUT2D eigenvalue weighted by Crippen LogP contribution is -2.45. The molecule has 0 aliphatic rings. The number of allylic oxidation sites excluding steroid dienone is 2. The van der Waals surface area contributed by atoms with Gasteiger partial charge >= 0.3 is 5.97 Å². The molecule has 0 radical (unpaired) electrons. The molecule has 2 atom stereocenters. The van der Waals surface area contributed by atoms with Gasteiger partial charge in [0.15, 0.2) is 0 Å². The van der Waals surface area contributed by atoms with Crippen LogP contribution in [0, 0.1) is 0 Å². The molecular formula is C49H95NO5. The summed E-state index contributed by atoms with van der Waals surface area (Å²) in [7, 11) is 0. The molecule has 326 valence electrons. The number of unbranched alkanes of at least 4 members (excludes halogenated alkanes) is 32. The Morgan fingerprint density at radius 2 is 0.855 bits per heavy atom. The van der Waals surface area contributed by atoms with Crippen LogP contribution in [0.2, 0.25) is 0 Å². The van der Waals surface area contributed by atoms with Crippen molar-refractivity contribution in [2.24, 2.45) is 0 Å². The number of esters is 1. The van der Waals surface area contributed by atoms with Gasteiger partial charge in [0.25, 0.3) is 0 Å². The Kier molecular flexibility index (Phi) is 44.2. The van der Waals surface area contributed by atoms with E-state index in [1.54, 1.807) is 0 Å². The first-order valence-electron chi connectivity index (χ1n) is 24.4. The van der Waals surface area contributed by atoms with Gasteiger partial charge in [0, 0.05) is 12.8 Å². The quantitative estimate of drug-likeness (QED) is 0.0325. The standard InChI is InChI=1S/C49H95NO5/c1-3-5-7-9-11-13-15-22-25-29-33-37-41-47(52)46(45-51)50-48(53)42-38-34-30-26-23-19-17-16-18-20-24-28-32-36-40-44-55-49(54)43-39-35-31-27-21-14-12-10-8-6-4-2/h18,20,46-47,51-52H,3-17,19,21-45H2,1-2H3,(H,50,53)/b20-18-. The third-order valence-corrected chi connectivity index (χ3v) is 11.3. The van der Waals surface area contributed by atoms with Gasteiger partial charge in [-0.15, -0.1) is 0 Å². The Balaban J connectivity index is 3.48. The summed E-state index contributed by atoms with van der Waals surface area (Å²) in [5.74, 6) is -0.0612. The molecule has 0 aromatic heterocycles. The molecule has 0 aliphatic carbocycles. The van der Waals surface area contributed by atoms with Gasteiger partial charge in [0.1, 0.15) is 0 Å². The predicted octanol–water partition coefficient (Wildman–Crippen LogP) is 14.2. The van der Waals surface area contributed by atoms with Crippen LogP contribution in [0.3, 0.4) is 0 Å². The van der Waals surface area contributed by atoms with Crippen LogP contribution in [0.5, 0.6) is 0 Å². The molecule has 0 spiro atoms. The van der Waals surface area contributed by atoms with Gasteiger partial charge < -0.3 is 20.3 Å². The zero-order valence-electron chi connectivity index (χ0n) is 36.9. The average molecular weight is 778 g/mol. The van der Waals surface area contributed by atoms with E-state index in [1.165, 1.54) is 161 Å². The van der Waals surface area contributed by atoms with Gasteiger partial charge in [-0.3, -0.25) is 9.59 Å². The second kappa shape index (κ2) is 45.3. The number of ether oxygens (including phenoxy) is 1. The van der Waals surface area contributed by atoms with Crippen LogP contribution in [0.25, 0.3) is 0 Å². The van der Waals surface area contributed by atoms with E-state index in [-0.39, 0.29) is 18.5 Å². The number of carbonyl (C=O) groups excluding carboxylic acids is 2. The fourth-order valence-electron chi connectivity index (χ4n) is 7.51. The third kappa shape index (κ3) is 42.0. The van der Waals surface area contributed by atoms with Gasteiger partial charge in [0.05, 0.1) is 25.4 Å². The van der Waals surface area contributed by atoms with Crippen molar-refractivity contribution in [2.75, 3.05) is 13.2 Å². The minimum Gasteiger partial charge on any atom is -0.466 e. The minimum absolute atomic E-state index is 0.0106. The first-order chi connectivity index (χ1) is 27.0. The third-order valence-electron chi connectivity index (χ3n) is 11.3. The smallest absolute Gasteiger partial charge is 0.305 e. The van der Waals surface area contributed by atoms with Crippen molar-refractivity contribution >= 4 is 11.9 Å². The highest BCUT2D eigenvalue weighted by Crippen LogP contribution is 2.16. The molecule has 55 heavy (non-hydrogen) atoms. The van der Waals surface area contributed by atoms with Crippen molar-refractivity contribution in [3.63, 3.8) is 0 Å². The first-order valence-corrected chi connectivity index (χ1v) is 24.4. The predicted molar refractivity (Wildman–Crippen MR) is 237 cm³/mol. The summed E-state index contributed by atoms with van der Waals surface area (Å²) in [6.45, 7) is 4.90. The summed E-state index contributed by atoms with van der Waals surface area (Å²) < 4.78 is 5.43. The number of aliphatic hydroxyl groups excluding tert-OH is 2. The number of nitrogens with one attached hydrogen (secondary N) is 1. The SMILES string of the molecule is CCCCCCCCCCCCCCC(O)C(CO)NC(=O)CCCCCCCCC/C=C\CCCCCCOC(=O)CCCCCCCCCCCCC. The van der Waals surface area contributed by atoms with Crippen LogP contribution in [-0.4, -0.2) is 47.4 Å². The Hall–Kier alpha value is -1.40. The molecule has 0 saturated heterocycles. The fourth-order valence-corrected chi connectivity index (χ4v) is 7.51. The van der Waals surface area contributed by atoms with Gasteiger partial charge in [0.2, 0.25) is 5.91 Å². The molecule has 0 saturated carbocycles. The molecular weight excluding hydrogens is 683 g/mol. The maximum Gasteiger partial charge on any atom is 0.305 e. The van der Waals surface area contributed by atoms with E-state index in [1.807, 2.05) is 0 Å². The lowest BCUT2D eigenvalue weighted by molar-refractivity contribution is -0.143. The van der Waals surface area contributed by atoms with Crippen molar-refractivity contribution in [3.05, 3.63) is 12.2 Å². The number of rotatable bonds is 45. The van der Waals surface area contributed by atoms with Gasteiger partial charge in [-0.25, -0.2) is 0 Å². The number of hydrogen-bond donors (Lipinski definition) is 3. The zero-order chi connectivity index (χ0) is 40.1. The topological polar surface area (TPSA) is 95.9 Å². The highest BCUT2D eigenvalue weighted by atomic mass is 16.5. The normalized spacial score (nSPS) is 12.7. The van der Waals surface area contributed by atoms with Gasteiger partial charge in [-0.05, 0) is 51.4 Å². The molecule has 0 aromatic carbocycles. The van der Waals surface area contributed by atoms with Crippen LogP contribution in [0.1, 0.15) is 264 Å². The van der Waals surface area contributed by atoms with Crippen LogP contribution in [-0.2, 0) is 14.3 Å². The van der Waals surface area contributed by atoms with E-state index in [0.717, 1.165) is 70.6 Å². The van der Waals surface area contributed by atoms with E-state index < -0.39 is 12.1 Å². The monoisotopic (exact) mass is 778 g/mol. The maximum atomic E-state index is 12.4. The second-order valence-electron chi connectivity index (χ2n) is 16.8. The average Bonchev–Trinajstić information content (AvgIpc) is 3.18. The van der Waals surface area contributed by atoms with Crippen LogP contribution in [0.4, 0.5) is 0 Å². The molecule has 0 aromatic rings. The summed E-state index contributed by atoms with van der Waals surface area (Å²) >= 11 is 0. The van der Waals surface area contributed by atoms with Crippen molar-refractivity contribution in [1.29, 1.82) is 0 Å². The lowest BCUT2D eigenvalue weighted by Gasteiger charge is -2.22. The van der Waals surface area contributed by atoms with E-state index in [9.17, 15) is 19.8 Å². The molecule has 2 unspecified atom stereocenters. The lowest BCUT2D eigenvalue weighted by atomic mass is 10.0. The van der Waals surface area contributed by atoms with E-state index in [0.29, 0.717) is 25.9 Å². The molecule has 0 fully saturated rings. The molecule has 6 nitrogen and oxygen atoms in total. The molecule has 3 N–H and O–H groups in total. The summed E-state index contributed by atoms with van der Waals surface area (Å²) in [4.78, 5) is 24.4. The summed E-state index contributed by atoms with van der Waals surface area (Å²) in [5.41, 5.74) is 0. The number of amides is 1. The number of carbonyl (C=O) groups is 2. The minimum atomic E-state index is -0.671. The van der Waals surface area contributed by atoms with Crippen molar-refractivity contribution < 1.29 is 24.5 Å². The highest BCUT2D eigenvalue weighted by Gasteiger charge is 2.20. The molecule has 1 amide bonds. The molecule has 0 bridgehead atoms. The summed E-state index contributed by atoms with van der Waals surface area (Å²) in [6.07, 6.45) is 50.3. The first kappa shape index (κ1) is 53.6. The zero-order valence-corrected chi connectivity index (χ0v) is 36.9. The van der Waals surface area contributed by atoms with Crippen LogP contribution in [0.15, 0.2) is 12.2 Å². The molecule has 0 aliphatic heterocycles. The van der Waals surface area contributed by atoms with Crippen molar-refractivity contribution in [1.82, 2.24) is 5.32 Å². The fraction of sp³-hybridized carbons (Fsp3) is 0.918. The molecule has 0 heterocycles. The Bertz CT molecular complexity index is 817. The summed E-state index contributed by atoms with van der Waals surface area (Å²) in [6, 6.07) is -0.550. The summed E-state index contributed by atoms with van der Waals surface area (Å²) in [5, 5.41) is 23.1. The van der Waals surface area contributed by atoms with E-state index in [2.05, 4.69) is 31.3 Å². The number of hydrogen-bond acceptors (Lipinski definition) is 5. The highest BCUT2D eigenvalue weighted by molar-refractivity contribution is 5.76. The van der Waals surface area contributed by atoms with Gasteiger partial charge in [-0.1, -0.05) is 212 Å². The van der Waals surface area contributed by atoms with Crippen LogP contribution < -0.4 is 5.32 Å². The Morgan fingerprint density at radius 3 is 1.29 bits per heavy atom. The van der Waals surface area contributed by atoms with E-state index >= 15 is 0 Å². The van der Waals surface area contributed by atoms with Crippen molar-refractivity contribution in [3.8, 4) is 0 Å².